The Bertz CT molecular complexity index is 1310. The molecule has 6 nitrogen and oxygen atoms in total. The molecule has 1 amide bonds. The van der Waals surface area contributed by atoms with Gasteiger partial charge in [-0.2, -0.15) is 9.30 Å². The van der Waals surface area contributed by atoms with E-state index in [2.05, 4.69) is 23.2 Å². The van der Waals surface area contributed by atoms with Crippen molar-refractivity contribution < 1.29 is 17.6 Å². The first kappa shape index (κ1) is 23.2. The number of aromatic nitrogens is 1. The number of carbonyl (C=O) groups is 1. The van der Waals surface area contributed by atoms with Crippen molar-refractivity contribution in [2.75, 3.05) is 19.3 Å². The van der Waals surface area contributed by atoms with Gasteiger partial charge in [-0.25, -0.2) is 12.8 Å². The van der Waals surface area contributed by atoms with Gasteiger partial charge in [0.25, 0.3) is 5.91 Å². The number of amides is 1. The zero-order valence-corrected chi connectivity index (χ0v) is 20.3. The van der Waals surface area contributed by atoms with E-state index in [1.807, 2.05) is 17.7 Å². The number of thioether (sulfide) groups is 1. The molecule has 2 aromatic carbocycles. The van der Waals surface area contributed by atoms with Gasteiger partial charge in [0.15, 0.2) is 4.80 Å². The van der Waals surface area contributed by atoms with Gasteiger partial charge < -0.3 is 4.57 Å². The van der Waals surface area contributed by atoms with Gasteiger partial charge in [0, 0.05) is 30.4 Å². The number of piperidine rings is 1. The molecule has 0 atom stereocenters. The standard InChI is InChI=1S/C22H24FN3O3S3/c1-3-26-19-9-6-17(30-2)14-20(19)31-22(26)24-21(27)15-10-12-25(13-11-15)32(28,29)18-7-4-16(23)5-8-18/h4-9,14-15H,3,10-13H2,1-2H3. The van der Waals surface area contributed by atoms with Crippen LogP contribution in [0.3, 0.4) is 0 Å². The predicted molar refractivity (Wildman–Crippen MR) is 126 cm³/mol. The lowest BCUT2D eigenvalue weighted by Crippen LogP contribution is -2.40. The monoisotopic (exact) mass is 493 g/mol. The Morgan fingerprint density at radius 2 is 1.88 bits per heavy atom. The van der Waals surface area contributed by atoms with Gasteiger partial charge >= 0.3 is 0 Å². The van der Waals surface area contributed by atoms with Gasteiger partial charge in [-0.15, -0.1) is 11.8 Å². The van der Waals surface area contributed by atoms with Gasteiger partial charge in [0.1, 0.15) is 5.82 Å². The van der Waals surface area contributed by atoms with Crippen molar-refractivity contribution in [1.82, 2.24) is 8.87 Å². The Morgan fingerprint density at radius 3 is 2.50 bits per heavy atom. The maximum Gasteiger partial charge on any atom is 0.251 e. The van der Waals surface area contributed by atoms with Crippen molar-refractivity contribution in [2.45, 2.75) is 36.1 Å². The fourth-order valence-corrected chi connectivity index (χ4v) is 6.98. The van der Waals surface area contributed by atoms with Gasteiger partial charge in [0.05, 0.1) is 15.1 Å². The predicted octanol–water partition coefficient (Wildman–Crippen LogP) is 4.11. The van der Waals surface area contributed by atoms with E-state index in [1.165, 1.54) is 27.8 Å². The van der Waals surface area contributed by atoms with E-state index in [0.29, 0.717) is 24.2 Å². The number of carbonyl (C=O) groups excluding carboxylic acids is 1. The SMILES string of the molecule is CCn1c(=NC(=O)C2CCN(S(=O)(=O)c3ccc(F)cc3)CC2)sc2cc(SC)ccc21. The summed E-state index contributed by atoms with van der Waals surface area (Å²) in [5.41, 5.74) is 1.06. The Kier molecular flexibility index (Phi) is 6.85. The van der Waals surface area contributed by atoms with Crippen LogP contribution >= 0.6 is 23.1 Å². The van der Waals surface area contributed by atoms with Gasteiger partial charge in [0.2, 0.25) is 10.0 Å². The van der Waals surface area contributed by atoms with Gasteiger partial charge in [-0.05, 0) is 68.5 Å². The normalized spacial score (nSPS) is 16.7. The summed E-state index contributed by atoms with van der Waals surface area (Å²) in [6, 6.07) is 11.0. The number of fused-ring (bicyclic) bond motifs is 1. The summed E-state index contributed by atoms with van der Waals surface area (Å²) in [5.74, 6) is -1.00. The molecule has 1 aliphatic heterocycles. The molecule has 0 bridgehead atoms. The van der Waals surface area contributed by atoms with Crippen molar-refractivity contribution >= 4 is 49.2 Å². The van der Waals surface area contributed by atoms with Crippen LogP contribution in [-0.4, -0.2) is 42.5 Å². The third kappa shape index (κ3) is 4.54. The third-order valence-corrected chi connectivity index (χ3v) is 9.35. The summed E-state index contributed by atoms with van der Waals surface area (Å²) in [6.07, 6.45) is 2.85. The fraction of sp³-hybridized carbons (Fsp3) is 0.364. The third-order valence-electron chi connectivity index (χ3n) is 5.67. The lowest BCUT2D eigenvalue weighted by atomic mass is 9.98. The molecule has 0 aliphatic carbocycles. The van der Waals surface area contributed by atoms with E-state index in [9.17, 15) is 17.6 Å². The summed E-state index contributed by atoms with van der Waals surface area (Å²) >= 11 is 3.17. The number of rotatable bonds is 5. The topological polar surface area (TPSA) is 71.7 Å². The second-order valence-electron chi connectivity index (χ2n) is 7.54. The molecule has 0 spiro atoms. The summed E-state index contributed by atoms with van der Waals surface area (Å²) in [7, 11) is -3.70. The minimum absolute atomic E-state index is 0.0623. The number of sulfonamides is 1. The molecule has 0 saturated carbocycles. The largest absolute Gasteiger partial charge is 0.317 e. The first-order valence-electron chi connectivity index (χ1n) is 10.3. The van der Waals surface area contributed by atoms with Gasteiger partial charge in [-0.1, -0.05) is 11.3 Å². The second kappa shape index (κ2) is 9.46. The Hall–Kier alpha value is -2.01. The van der Waals surface area contributed by atoms with E-state index in [-0.39, 0.29) is 29.8 Å². The highest BCUT2D eigenvalue weighted by molar-refractivity contribution is 7.98. The molecular weight excluding hydrogens is 469 g/mol. The molecule has 0 N–H and O–H groups in total. The lowest BCUT2D eigenvalue weighted by molar-refractivity contribution is -0.122. The second-order valence-corrected chi connectivity index (χ2v) is 11.4. The summed E-state index contributed by atoms with van der Waals surface area (Å²) in [4.78, 5) is 19.2. The zero-order chi connectivity index (χ0) is 22.9. The highest BCUT2D eigenvalue weighted by atomic mass is 32.2. The Labute approximate surface area is 194 Å². The molecule has 1 saturated heterocycles. The number of thiazole rings is 1. The van der Waals surface area contributed by atoms with Crippen LogP contribution in [-0.2, 0) is 21.4 Å². The number of hydrogen-bond donors (Lipinski definition) is 0. The van der Waals surface area contributed by atoms with Crippen LogP contribution < -0.4 is 4.80 Å². The molecule has 170 valence electrons. The smallest absolute Gasteiger partial charge is 0.251 e. The molecule has 1 aromatic heterocycles. The minimum Gasteiger partial charge on any atom is -0.317 e. The Balaban J connectivity index is 1.51. The summed E-state index contributed by atoms with van der Waals surface area (Å²) < 4.78 is 43.2. The molecule has 0 radical (unpaired) electrons. The number of benzene rings is 2. The van der Waals surface area contributed by atoms with Crippen LogP contribution in [0.4, 0.5) is 4.39 Å². The molecule has 10 heteroatoms. The average Bonchev–Trinajstić information content (AvgIpc) is 3.15. The highest BCUT2D eigenvalue weighted by Crippen LogP contribution is 2.26. The van der Waals surface area contributed by atoms with E-state index >= 15 is 0 Å². The van der Waals surface area contributed by atoms with Crippen LogP contribution in [0, 0.1) is 11.7 Å². The summed E-state index contributed by atoms with van der Waals surface area (Å²) in [6.45, 7) is 3.21. The quantitative estimate of drug-likeness (QED) is 0.502. The molecular formula is C22H24FN3O3S3. The zero-order valence-electron chi connectivity index (χ0n) is 17.8. The lowest BCUT2D eigenvalue weighted by Gasteiger charge is -2.29. The minimum atomic E-state index is -3.70. The first-order valence-corrected chi connectivity index (χ1v) is 13.8. The van der Waals surface area contributed by atoms with Crippen molar-refractivity contribution in [2.24, 2.45) is 10.9 Å². The van der Waals surface area contributed by atoms with E-state index in [4.69, 9.17) is 0 Å². The Morgan fingerprint density at radius 1 is 1.19 bits per heavy atom. The number of aryl methyl sites for hydroxylation is 1. The number of hydrogen-bond acceptors (Lipinski definition) is 5. The molecule has 0 unspecified atom stereocenters. The van der Waals surface area contributed by atoms with Crippen LogP contribution in [0.2, 0.25) is 0 Å². The van der Waals surface area contributed by atoms with Crippen molar-refractivity contribution in [1.29, 1.82) is 0 Å². The van der Waals surface area contributed by atoms with Gasteiger partial charge in [-0.3, -0.25) is 4.79 Å². The molecule has 3 aromatic rings. The molecule has 1 aliphatic rings. The van der Waals surface area contributed by atoms with E-state index in [0.717, 1.165) is 27.2 Å². The highest BCUT2D eigenvalue weighted by Gasteiger charge is 2.32. The van der Waals surface area contributed by atoms with Crippen molar-refractivity contribution in [3.05, 3.63) is 53.1 Å². The first-order chi connectivity index (χ1) is 15.3. The van der Waals surface area contributed by atoms with Crippen molar-refractivity contribution in [3.63, 3.8) is 0 Å². The van der Waals surface area contributed by atoms with Crippen molar-refractivity contribution in [3.8, 4) is 0 Å². The van der Waals surface area contributed by atoms with E-state index in [1.54, 1.807) is 11.8 Å². The van der Waals surface area contributed by atoms with E-state index < -0.39 is 15.8 Å². The number of nitrogens with zero attached hydrogens (tertiary/aromatic N) is 3. The van der Waals surface area contributed by atoms with Crippen LogP contribution in [0.15, 0.2) is 57.2 Å². The number of halogens is 1. The van der Waals surface area contributed by atoms with Crippen LogP contribution in [0.5, 0.6) is 0 Å². The maximum atomic E-state index is 13.1. The maximum absolute atomic E-state index is 13.1. The molecule has 4 rings (SSSR count). The van der Waals surface area contributed by atoms with Crippen LogP contribution in [0.25, 0.3) is 10.2 Å². The fourth-order valence-electron chi connectivity index (χ4n) is 3.86. The average molecular weight is 494 g/mol. The molecule has 1 fully saturated rings. The molecule has 32 heavy (non-hydrogen) atoms. The molecule has 2 heterocycles. The van der Waals surface area contributed by atoms with Crippen LogP contribution in [0.1, 0.15) is 19.8 Å². The summed E-state index contributed by atoms with van der Waals surface area (Å²) in [5, 5.41) is 0.